The van der Waals surface area contributed by atoms with E-state index < -0.39 is 16.6 Å². The minimum Gasteiger partial charge on any atom is -0.337 e. The molecule has 0 unspecified atom stereocenters. The third-order valence-electron chi connectivity index (χ3n) is 3.03. The molecule has 0 aliphatic carbocycles. The molecule has 5 nitrogen and oxygen atoms in total. The van der Waals surface area contributed by atoms with Crippen molar-refractivity contribution in [3.05, 3.63) is 61.6 Å². The summed E-state index contributed by atoms with van der Waals surface area (Å²) in [5.41, 5.74) is 0.440. The Kier molecular flexibility index (Phi) is 4.32. The molecule has 1 heterocycles. The first-order valence-electron chi connectivity index (χ1n) is 6.11. The highest BCUT2D eigenvalue weighted by Gasteiger charge is 2.22. The predicted molar refractivity (Wildman–Crippen MR) is 77.9 cm³/mol. The number of rotatable bonds is 4. The molecule has 0 bridgehead atoms. The average molecular weight is 308 g/mol. The first kappa shape index (κ1) is 15.1. The number of nitro groups is 1. The number of benzene rings is 1. The summed E-state index contributed by atoms with van der Waals surface area (Å²) in [6.45, 7) is 1.72. The Morgan fingerprint density at radius 1 is 1.48 bits per heavy atom. The van der Waals surface area contributed by atoms with Crippen LogP contribution in [0.4, 0.5) is 10.1 Å². The number of halogens is 1. The fourth-order valence-corrected chi connectivity index (χ4v) is 2.61. The normalized spacial score (nSPS) is 10.4. The molecule has 0 aliphatic heterocycles. The highest BCUT2D eigenvalue weighted by molar-refractivity contribution is 7.07. The maximum atomic E-state index is 14.1. The fraction of sp³-hybridized carbons (Fsp3) is 0.214. The van der Waals surface area contributed by atoms with Crippen molar-refractivity contribution < 1.29 is 14.1 Å². The van der Waals surface area contributed by atoms with Gasteiger partial charge < -0.3 is 4.90 Å². The fourth-order valence-electron chi connectivity index (χ4n) is 1.95. The molecule has 7 heteroatoms. The standard InChI is InChI=1S/C14H13FN2O3S/c1-9-5-11(17(19)20)6-12(13(9)15)14(18)16(2)7-10-3-4-21-8-10/h3-6,8H,7H2,1-2H3. The molecule has 0 N–H and O–H groups in total. The second-order valence-electron chi connectivity index (χ2n) is 4.67. The van der Waals surface area contributed by atoms with Gasteiger partial charge in [-0.3, -0.25) is 14.9 Å². The lowest BCUT2D eigenvalue weighted by molar-refractivity contribution is -0.385. The molecule has 0 spiro atoms. The number of non-ortho nitro benzene ring substituents is 1. The molecule has 110 valence electrons. The number of amides is 1. The van der Waals surface area contributed by atoms with Crippen LogP contribution in [0.5, 0.6) is 0 Å². The zero-order chi connectivity index (χ0) is 15.6. The summed E-state index contributed by atoms with van der Waals surface area (Å²) in [7, 11) is 1.54. The van der Waals surface area contributed by atoms with E-state index in [-0.39, 0.29) is 16.8 Å². The number of carbonyl (C=O) groups is 1. The van der Waals surface area contributed by atoms with E-state index in [1.54, 1.807) is 0 Å². The number of aryl methyl sites for hydroxylation is 1. The molecule has 1 aromatic heterocycles. The zero-order valence-electron chi connectivity index (χ0n) is 11.5. The number of hydrogen-bond acceptors (Lipinski definition) is 4. The van der Waals surface area contributed by atoms with Gasteiger partial charge >= 0.3 is 0 Å². The second-order valence-corrected chi connectivity index (χ2v) is 5.45. The molecule has 1 amide bonds. The van der Waals surface area contributed by atoms with E-state index in [9.17, 15) is 19.3 Å². The van der Waals surface area contributed by atoms with Gasteiger partial charge in [-0.05, 0) is 34.9 Å². The Bertz CT molecular complexity index is 686. The van der Waals surface area contributed by atoms with Gasteiger partial charge in [0.15, 0.2) is 0 Å². The van der Waals surface area contributed by atoms with E-state index in [1.807, 2.05) is 16.8 Å². The zero-order valence-corrected chi connectivity index (χ0v) is 12.3. The van der Waals surface area contributed by atoms with Crippen LogP contribution in [-0.2, 0) is 6.54 Å². The third-order valence-corrected chi connectivity index (χ3v) is 3.76. The van der Waals surface area contributed by atoms with E-state index >= 15 is 0 Å². The first-order chi connectivity index (χ1) is 9.90. The quantitative estimate of drug-likeness (QED) is 0.642. The molecule has 0 saturated heterocycles. The van der Waals surface area contributed by atoms with Crippen molar-refractivity contribution in [2.75, 3.05) is 7.05 Å². The summed E-state index contributed by atoms with van der Waals surface area (Å²) in [5.74, 6) is -1.30. The number of nitro benzene ring substituents is 1. The van der Waals surface area contributed by atoms with Crippen molar-refractivity contribution in [1.29, 1.82) is 0 Å². The Labute approximate surface area is 124 Å². The number of nitrogens with zero attached hydrogens (tertiary/aromatic N) is 2. The van der Waals surface area contributed by atoms with E-state index in [2.05, 4.69) is 0 Å². The minimum absolute atomic E-state index is 0.0801. The van der Waals surface area contributed by atoms with Crippen LogP contribution in [0.3, 0.4) is 0 Å². The Morgan fingerprint density at radius 3 is 2.76 bits per heavy atom. The minimum atomic E-state index is -0.720. The first-order valence-corrected chi connectivity index (χ1v) is 7.05. The van der Waals surface area contributed by atoms with Gasteiger partial charge in [-0.25, -0.2) is 4.39 Å². The van der Waals surface area contributed by atoms with Crippen LogP contribution in [0.15, 0.2) is 29.0 Å². The average Bonchev–Trinajstić information content (AvgIpc) is 2.93. The maximum absolute atomic E-state index is 14.1. The lowest BCUT2D eigenvalue weighted by Gasteiger charge is -2.17. The van der Waals surface area contributed by atoms with E-state index in [4.69, 9.17) is 0 Å². The van der Waals surface area contributed by atoms with Crippen LogP contribution in [0.2, 0.25) is 0 Å². The third kappa shape index (κ3) is 3.25. The number of carbonyl (C=O) groups excluding carboxylic acids is 1. The van der Waals surface area contributed by atoms with E-state index in [1.165, 1.54) is 30.2 Å². The number of hydrogen-bond donors (Lipinski definition) is 0. The van der Waals surface area contributed by atoms with Crippen LogP contribution in [-0.4, -0.2) is 22.8 Å². The SMILES string of the molecule is Cc1cc([N+](=O)[O-])cc(C(=O)N(C)Cc2ccsc2)c1F. The molecule has 0 aliphatic rings. The van der Waals surface area contributed by atoms with Gasteiger partial charge in [0, 0.05) is 25.7 Å². The van der Waals surface area contributed by atoms with Crippen molar-refractivity contribution in [3.8, 4) is 0 Å². The van der Waals surface area contributed by atoms with Crippen molar-refractivity contribution in [2.24, 2.45) is 0 Å². The monoisotopic (exact) mass is 308 g/mol. The Morgan fingerprint density at radius 2 is 2.19 bits per heavy atom. The van der Waals surface area contributed by atoms with Crippen LogP contribution < -0.4 is 0 Å². The number of thiophene rings is 1. The van der Waals surface area contributed by atoms with Crippen molar-refractivity contribution >= 4 is 22.9 Å². The smallest absolute Gasteiger partial charge is 0.270 e. The van der Waals surface area contributed by atoms with Gasteiger partial charge in [0.05, 0.1) is 10.5 Å². The van der Waals surface area contributed by atoms with Crippen LogP contribution in [0.1, 0.15) is 21.5 Å². The van der Waals surface area contributed by atoms with Crippen molar-refractivity contribution in [1.82, 2.24) is 4.90 Å². The summed E-state index contributed by atoms with van der Waals surface area (Å²) in [6.07, 6.45) is 0. The van der Waals surface area contributed by atoms with Gasteiger partial charge in [-0.1, -0.05) is 0 Å². The molecule has 2 rings (SSSR count). The van der Waals surface area contributed by atoms with Gasteiger partial charge in [-0.2, -0.15) is 11.3 Å². The largest absolute Gasteiger partial charge is 0.337 e. The molecule has 1 aromatic carbocycles. The van der Waals surface area contributed by atoms with Crippen LogP contribution in [0, 0.1) is 22.9 Å². The Balaban J connectivity index is 2.31. The lowest BCUT2D eigenvalue weighted by atomic mass is 10.1. The predicted octanol–water partition coefficient (Wildman–Crippen LogP) is 3.38. The highest BCUT2D eigenvalue weighted by Crippen LogP contribution is 2.22. The molecule has 21 heavy (non-hydrogen) atoms. The van der Waals surface area contributed by atoms with Crippen LogP contribution >= 0.6 is 11.3 Å². The molecule has 0 radical (unpaired) electrons. The van der Waals surface area contributed by atoms with Gasteiger partial charge in [0.2, 0.25) is 0 Å². The van der Waals surface area contributed by atoms with Crippen molar-refractivity contribution in [3.63, 3.8) is 0 Å². The van der Waals surface area contributed by atoms with Gasteiger partial charge in [-0.15, -0.1) is 0 Å². The second kappa shape index (κ2) is 6.01. The van der Waals surface area contributed by atoms with E-state index in [0.29, 0.717) is 6.54 Å². The lowest BCUT2D eigenvalue weighted by Crippen LogP contribution is -2.27. The summed E-state index contributed by atoms with van der Waals surface area (Å²) in [5, 5.41) is 14.6. The molecule has 0 fully saturated rings. The molecule has 2 aromatic rings. The van der Waals surface area contributed by atoms with Gasteiger partial charge in [0.25, 0.3) is 11.6 Å². The van der Waals surface area contributed by atoms with Crippen LogP contribution in [0.25, 0.3) is 0 Å². The molecule has 0 atom stereocenters. The summed E-state index contributed by atoms with van der Waals surface area (Å²) < 4.78 is 14.1. The molecular formula is C14H13FN2O3S. The molecular weight excluding hydrogens is 295 g/mol. The summed E-state index contributed by atoms with van der Waals surface area (Å²) in [6, 6.07) is 3.96. The van der Waals surface area contributed by atoms with Crippen molar-refractivity contribution in [2.45, 2.75) is 13.5 Å². The summed E-state index contributed by atoms with van der Waals surface area (Å²) in [4.78, 5) is 23.8. The highest BCUT2D eigenvalue weighted by atomic mass is 32.1. The topological polar surface area (TPSA) is 63.5 Å². The van der Waals surface area contributed by atoms with Gasteiger partial charge in [0.1, 0.15) is 5.82 Å². The maximum Gasteiger partial charge on any atom is 0.270 e. The summed E-state index contributed by atoms with van der Waals surface area (Å²) >= 11 is 1.50. The Hall–Kier alpha value is -2.28. The molecule has 0 saturated carbocycles. The van der Waals surface area contributed by atoms with E-state index in [0.717, 1.165) is 17.7 Å².